The smallest absolute Gasteiger partial charge is 0.326 e. The first-order chi connectivity index (χ1) is 15.8. The highest BCUT2D eigenvalue weighted by atomic mass is 16.4. The number of carbonyl (C=O) groups excluding carboxylic acids is 1. The predicted molar refractivity (Wildman–Crippen MR) is 121 cm³/mol. The third kappa shape index (κ3) is 8.77. The molecule has 178 valence electrons. The maximum absolute atomic E-state index is 12.0. The summed E-state index contributed by atoms with van der Waals surface area (Å²) in [5.41, 5.74) is 1.17. The van der Waals surface area contributed by atoms with E-state index in [1.165, 1.54) is 16.3 Å². The number of unbranched alkanes of at least 4 members (excludes halogenated alkanes) is 1. The van der Waals surface area contributed by atoms with E-state index in [1.54, 1.807) is 0 Å². The standard InChI is InChI=1S/C23H29N3O7/c27-20(28)12-11-19(22(31)32)26-23(33)25-18(21(29)30)10-3-4-13-24-14-16-8-5-7-15-6-1-2-9-17(15)16/h1-2,5-9,18-19,24H,3-4,10-14H2,(H,27,28)(H,29,30)(H,31,32)(H2,25,26,33)/t18-,19?/m0/s1. The van der Waals surface area contributed by atoms with Crippen molar-refractivity contribution in [2.45, 2.75) is 50.7 Å². The summed E-state index contributed by atoms with van der Waals surface area (Å²) in [6.45, 7) is 1.34. The lowest BCUT2D eigenvalue weighted by molar-refractivity contribution is -0.140. The van der Waals surface area contributed by atoms with E-state index in [1.807, 2.05) is 18.2 Å². The molecular formula is C23H29N3O7. The predicted octanol–water partition coefficient (Wildman–Crippen LogP) is 2.17. The van der Waals surface area contributed by atoms with Gasteiger partial charge in [0.25, 0.3) is 0 Å². The van der Waals surface area contributed by atoms with Crippen LogP contribution in [0.4, 0.5) is 4.79 Å². The highest BCUT2D eigenvalue weighted by Crippen LogP contribution is 2.18. The molecule has 0 heterocycles. The van der Waals surface area contributed by atoms with Gasteiger partial charge in [-0.15, -0.1) is 0 Å². The molecule has 0 aliphatic rings. The zero-order chi connectivity index (χ0) is 24.2. The van der Waals surface area contributed by atoms with Gasteiger partial charge in [0.1, 0.15) is 12.1 Å². The number of fused-ring (bicyclic) bond motifs is 1. The minimum Gasteiger partial charge on any atom is -0.481 e. The first-order valence-corrected chi connectivity index (χ1v) is 10.7. The number of carboxylic acids is 3. The molecule has 33 heavy (non-hydrogen) atoms. The zero-order valence-electron chi connectivity index (χ0n) is 18.1. The number of hydrogen-bond donors (Lipinski definition) is 6. The summed E-state index contributed by atoms with van der Waals surface area (Å²) >= 11 is 0. The van der Waals surface area contributed by atoms with E-state index in [0.717, 1.165) is 0 Å². The third-order valence-electron chi connectivity index (χ3n) is 5.15. The first kappa shape index (κ1) is 25.6. The molecule has 2 atom stereocenters. The molecule has 6 N–H and O–H groups in total. The Morgan fingerprint density at radius 1 is 0.788 bits per heavy atom. The van der Waals surface area contributed by atoms with Crippen molar-refractivity contribution in [1.29, 1.82) is 0 Å². The molecule has 2 amide bonds. The highest BCUT2D eigenvalue weighted by molar-refractivity contribution is 5.86. The number of aliphatic carboxylic acids is 3. The highest BCUT2D eigenvalue weighted by Gasteiger charge is 2.24. The van der Waals surface area contributed by atoms with Crippen LogP contribution in [0.15, 0.2) is 42.5 Å². The summed E-state index contributed by atoms with van der Waals surface area (Å²) in [5, 5.41) is 37.1. The number of nitrogens with one attached hydrogen (secondary N) is 3. The summed E-state index contributed by atoms with van der Waals surface area (Å²) < 4.78 is 0. The topological polar surface area (TPSA) is 165 Å². The molecule has 2 aromatic rings. The fourth-order valence-corrected chi connectivity index (χ4v) is 3.41. The van der Waals surface area contributed by atoms with Crippen LogP contribution >= 0.6 is 0 Å². The van der Waals surface area contributed by atoms with E-state index in [0.29, 0.717) is 25.9 Å². The summed E-state index contributed by atoms with van der Waals surface area (Å²) in [4.78, 5) is 45.2. The van der Waals surface area contributed by atoms with Crippen molar-refractivity contribution in [3.05, 3.63) is 48.0 Å². The van der Waals surface area contributed by atoms with Crippen molar-refractivity contribution in [3.8, 4) is 0 Å². The van der Waals surface area contributed by atoms with Gasteiger partial charge in [0.15, 0.2) is 0 Å². The van der Waals surface area contributed by atoms with Gasteiger partial charge in [0.2, 0.25) is 0 Å². The van der Waals surface area contributed by atoms with Crippen LogP contribution in [0, 0.1) is 0 Å². The largest absolute Gasteiger partial charge is 0.481 e. The molecule has 0 saturated heterocycles. The van der Waals surface area contributed by atoms with Gasteiger partial charge in [-0.1, -0.05) is 42.5 Å². The second-order valence-electron chi connectivity index (χ2n) is 7.64. The van der Waals surface area contributed by atoms with E-state index >= 15 is 0 Å². The number of amides is 2. The minimum absolute atomic E-state index is 0.172. The minimum atomic E-state index is -1.42. The second-order valence-corrected chi connectivity index (χ2v) is 7.64. The molecule has 0 aliphatic heterocycles. The van der Waals surface area contributed by atoms with Gasteiger partial charge in [-0.05, 0) is 48.6 Å². The lowest BCUT2D eigenvalue weighted by Gasteiger charge is -2.18. The summed E-state index contributed by atoms with van der Waals surface area (Å²) in [6.07, 6.45) is 0.643. The number of carboxylic acid groups (broad SMARTS) is 3. The van der Waals surface area contributed by atoms with Crippen molar-refractivity contribution >= 4 is 34.7 Å². The van der Waals surface area contributed by atoms with E-state index in [4.69, 9.17) is 10.2 Å². The fraction of sp³-hybridized carbons (Fsp3) is 0.391. The molecule has 0 spiro atoms. The Balaban J connectivity index is 1.73. The summed E-state index contributed by atoms with van der Waals surface area (Å²) in [6, 6.07) is 10.6. The number of rotatable bonds is 14. The van der Waals surface area contributed by atoms with Crippen LogP contribution in [-0.2, 0) is 20.9 Å². The molecule has 0 fully saturated rings. The van der Waals surface area contributed by atoms with E-state index in [-0.39, 0.29) is 12.8 Å². The molecule has 0 aliphatic carbocycles. The Morgan fingerprint density at radius 3 is 2.09 bits per heavy atom. The average Bonchev–Trinajstić information content (AvgIpc) is 2.77. The summed E-state index contributed by atoms with van der Waals surface area (Å²) in [7, 11) is 0. The lowest BCUT2D eigenvalue weighted by Crippen LogP contribution is -2.51. The van der Waals surface area contributed by atoms with Crippen LogP contribution < -0.4 is 16.0 Å². The maximum Gasteiger partial charge on any atom is 0.326 e. The molecular weight excluding hydrogens is 430 g/mol. The van der Waals surface area contributed by atoms with E-state index in [2.05, 4.69) is 40.2 Å². The molecule has 10 heteroatoms. The van der Waals surface area contributed by atoms with Gasteiger partial charge >= 0.3 is 23.9 Å². The van der Waals surface area contributed by atoms with Crippen molar-refractivity contribution in [3.63, 3.8) is 0 Å². The fourth-order valence-electron chi connectivity index (χ4n) is 3.41. The van der Waals surface area contributed by atoms with Gasteiger partial charge in [-0.25, -0.2) is 14.4 Å². The average molecular weight is 459 g/mol. The SMILES string of the molecule is O=C(O)CCC(NC(=O)N[C@@H](CCCCNCc1cccc2ccccc12)C(=O)O)C(=O)O. The molecule has 1 unspecified atom stereocenters. The van der Waals surface area contributed by atoms with Gasteiger partial charge < -0.3 is 31.3 Å². The number of urea groups is 1. The van der Waals surface area contributed by atoms with Crippen molar-refractivity contribution in [2.75, 3.05) is 6.54 Å². The Morgan fingerprint density at radius 2 is 1.42 bits per heavy atom. The van der Waals surface area contributed by atoms with Crippen LogP contribution in [0.1, 0.15) is 37.7 Å². The Labute approximate surface area is 191 Å². The summed E-state index contributed by atoms with van der Waals surface area (Å²) in [5.74, 6) is -3.82. The molecule has 2 aromatic carbocycles. The Bertz CT molecular complexity index is 974. The van der Waals surface area contributed by atoms with Gasteiger partial charge in [0.05, 0.1) is 0 Å². The van der Waals surface area contributed by atoms with E-state index < -0.39 is 42.4 Å². The van der Waals surface area contributed by atoms with Crippen molar-refractivity contribution in [2.24, 2.45) is 0 Å². The van der Waals surface area contributed by atoms with Crippen LogP contribution in [-0.4, -0.2) is 57.9 Å². The molecule has 0 bridgehead atoms. The first-order valence-electron chi connectivity index (χ1n) is 10.7. The number of hydrogen-bond acceptors (Lipinski definition) is 5. The molecule has 0 aromatic heterocycles. The third-order valence-corrected chi connectivity index (χ3v) is 5.15. The van der Waals surface area contributed by atoms with Crippen molar-refractivity contribution < 1.29 is 34.5 Å². The zero-order valence-corrected chi connectivity index (χ0v) is 18.1. The Hall–Kier alpha value is -3.66. The molecule has 0 saturated carbocycles. The van der Waals surface area contributed by atoms with Crippen LogP contribution in [0.25, 0.3) is 10.8 Å². The molecule has 10 nitrogen and oxygen atoms in total. The van der Waals surface area contributed by atoms with Crippen LogP contribution in [0.2, 0.25) is 0 Å². The van der Waals surface area contributed by atoms with Crippen LogP contribution in [0.5, 0.6) is 0 Å². The number of carbonyl (C=O) groups is 4. The van der Waals surface area contributed by atoms with Gasteiger partial charge in [-0.2, -0.15) is 0 Å². The normalized spacial score (nSPS) is 12.6. The maximum atomic E-state index is 12.0. The monoisotopic (exact) mass is 459 g/mol. The van der Waals surface area contributed by atoms with Gasteiger partial charge in [-0.3, -0.25) is 4.79 Å². The van der Waals surface area contributed by atoms with Crippen LogP contribution in [0.3, 0.4) is 0 Å². The lowest BCUT2D eigenvalue weighted by atomic mass is 10.0. The number of benzene rings is 2. The Kier molecular flexibility index (Phi) is 10.1. The van der Waals surface area contributed by atoms with Crippen molar-refractivity contribution in [1.82, 2.24) is 16.0 Å². The van der Waals surface area contributed by atoms with Gasteiger partial charge in [0, 0.05) is 13.0 Å². The molecule has 2 rings (SSSR count). The van der Waals surface area contributed by atoms with E-state index in [9.17, 15) is 24.3 Å². The molecule has 0 radical (unpaired) electrons. The second kappa shape index (κ2) is 13.0. The quantitative estimate of drug-likeness (QED) is 0.234.